The quantitative estimate of drug-likeness (QED) is 0.763. The molecule has 1 aliphatic heterocycles. The molecule has 0 radical (unpaired) electrons. The van der Waals surface area contributed by atoms with Gasteiger partial charge in [-0.2, -0.15) is 5.10 Å². The largest absolute Gasteiger partial charge is 0.376 e. The van der Waals surface area contributed by atoms with Crippen molar-refractivity contribution in [2.45, 2.75) is 77.4 Å². The van der Waals surface area contributed by atoms with E-state index < -0.39 is 0 Å². The van der Waals surface area contributed by atoms with E-state index in [4.69, 9.17) is 4.74 Å². The van der Waals surface area contributed by atoms with Crippen LogP contribution in [0.25, 0.3) is 0 Å². The van der Waals surface area contributed by atoms with E-state index in [9.17, 15) is 4.79 Å². The molecule has 3 rings (SSSR count). The van der Waals surface area contributed by atoms with E-state index >= 15 is 0 Å². The van der Waals surface area contributed by atoms with Gasteiger partial charge in [-0.1, -0.05) is 13.8 Å². The van der Waals surface area contributed by atoms with Gasteiger partial charge in [0.1, 0.15) is 0 Å². The molecule has 1 saturated heterocycles. The first-order valence-electron chi connectivity index (χ1n) is 9.63. The number of carbonyl (C=O) groups is 1. The first kappa shape index (κ1) is 17.5. The van der Waals surface area contributed by atoms with Crippen LogP contribution in [-0.2, 0) is 4.74 Å². The molecule has 5 nitrogen and oxygen atoms in total. The summed E-state index contributed by atoms with van der Waals surface area (Å²) in [6.45, 7) is 8.82. The summed E-state index contributed by atoms with van der Waals surface area (Å²) in [7, 11) is 0. The third-order valence-corrected chi connectivity index (χ3v) is 5.26. The highest BCUT2D eigenvalue weighted by atomic mass is 16.5. The molecule has 0 bridgehead atoms. The van der Waals surface area contributed by atoms with Crippen LogP contribution in [0.15, 0.2) is 6.20 Å². The molecule has 2 atom stereocenters. The van der Waals surface area contributed by atoms with Crippen molar-refractivity contribution in [2.75, 3.05) is 19.7 Å². The van der Waals surface area contributed by atoms with Crippen LogP contribution in [0.5, 0.6) is 0 Å². The molecule has 134 valence electrons. The number of likely N-dealkylation sites (tertiary alicyclic amines) is 1. The van der Waals surface area contributed by atoms with Gasteiger partial charge in [0, 0.05) is 31.7 Å². The minimum absolute atomic E-state index is 0.149. The summed E-state index contributed by atoms with van der Waals surface area (Å²) in [5, 5.41) is 4.57. The number of aromatic nitrogens is 2. The third-order valence-electron chi connectivity index (χ3n) is 5.26. The van der Waals surface area contributed by atoms with E-state index in [1.807, 2.05) is 4.90 Å². The number of carbonyl (C=O) groups excluding carboxylic acids is 1. The fourth-order valence-electron chi connectivity index (χ4n) is 3.54. The molecular formula is C19H31N3O2. The topological polar surface area (TPSA) is 47.4 Å². The zero-order valence-electron chi connectivity index (χ0n) is 15.3. The predicted octanol–water partition coefficient (Wildman–Crippen LogP) is 3.76. The van der Waals surface area contributed by atoms with Gasteiger partial charge in [-0.25, -0.2) is 0 Å². The van der Waals surface area contributed by atoms with Crippen LogP contribution in [0.3, 0.4) is 0 Å². The monoisotopic (exact) mass is 333 g/mol. The van der Waals surface area contributed by atoms with Crippen molar-refractivity contribution in [2.24, 2.45) is 0 Å². The lowest BCUT2D eigenvalue weighted by Gasteiger charge is -2.32. The Bertz CT molecular complexity index is 565. The Morgan fingerprint density at radius 2 is 2.17 bits per heavy atom. The number of piperidine rings is 1. The summed E-state index contributed by atoms with van der Waals surface area (Å²) < 4.78 is 7.98. The third kappa shape index (κ3) is 3.66. The maximum absolute atomic E-state index is 13.1. The Morgan fingerprint density at radius 3 is 2.83 bits per heavy atom. The summed E-state index contributed by atoms with van der Waals surface area (Å²) >= 11 is 0. The van der Waals surface area contributed by atoms with Gasteiger partial charge < -0.3 is 9.64 Å². The molecule has 0 spiro atoms. The minimum atomic E-state index is 0.149. The van der Waals surface area contributed by atoms with Gasteiger partial charge in [-0.15, -0.1) is 0 Å². The van der Waals surface area contributed by atoms with Crippen LogP contribution in [0, 0.1) is 0 Å². The van der Waals surface area contributed by atoms with Gasteiger partial charge >= 0.3 is 0 Å². The molecule has 5 heteroatoms. The van der Waals surface area contributed by atoms with Crippen molar-refractivity contribution in [1.29, 1.82) is 0 Å². The Balaban J connectivity index is 1.76. The molecule has 0 N–H and O–H groups in total. The molecule has 1 aromatic heterocycles. The number of hydrogen-bond acceptors (Lipinski definition) is 3. The first-order valence-corrected chi connectivity index (χ1v) is 9.63. The van der Waals surface area contributed by atoms with E-state index in [2.05, 4.69) is 30.6 Å². The minimum Gasteiger partial charge on any atom is -0.376 e. The van der Waals surface area contributed by atoms with E-state index in [-0.39, 0.29) is 12.0 Å². The van der Waals surface area contributed by atoms with Gasteiger partial charge in [-0.05, 0) is 45.4 Å². The Morgan fingerprint density at radius 1 is 1.38 bits per heavy atom. The molecule has 1 aliphatic carbocycles. The Hall–Kier alpha value is -1.36. The summed E-state index contributed by atoms with van der Waals surface area (Å²) in [5.41, 5.74) is 2.00. The highest BCUT2D eigenvalue weighted by Crippen LogP contribution is 2.43. The maximum Gasteiger partial charge on any atom is 0.257 e. The summed E-state index contributed by atoms with van der Waals surface area (Å²) in [4.78, 5) is 15.1. The van der Waals surface area contributed by atoms with E-state index in [0.717, 1.165) is 50.9 Å². The van der Waals surface area contributed by atoms with Gasteiger partial charge in [-0.3, -0.25) is 9.48 Å². The fourth-order valence-corrected chi connectivity index (χ4v) is 3.54. The lowest BCUT2D eigenvalue weighted by Crippen LogP contribution is -2.43. The molecule has 2 heterocycles. The first-order chi connectivity index (χ1) is 11.7. The Labute approximate surface area is 145 Å². The van der Waals surface area contributed by atoms with Crippen LogP contribution in [0.2, 0.25) is 0 Å². The van der Waals surface area contributed by atoms with Gasteiger partial charge in [0.2, 0.25) is 0 Å². The van der Waals surface area contributed by atoms with E-state index in [1.54, 1.807) is 6.20 Å². The SMILES string of the molecule is CCCO[C@H]1CCCN(C(=O)c2cnn([C@@H](C)CC)c2C2CC2)C1. The second-order valence-electron chi connectivity index (χ2n) is 7.31. The number of nitrogens with zero attached hydrogens (tertiary/aromatic N) is 3. The molecule has 1 saturated carbocycles. The number of amides is 1. The number of ether oxygens (including phenoxy) is 1. The zero-order chi connectivity index (χ0) is 17.1. The van der Waals surface area contributed by atoms with Gasteiger partial charge in [0.15, 0.2) is 0 Å². The lowest BCUT2D eigenvalue weighted by molar-refractivity contribution is 0.00206. The van der Waals surface area contributed by atoms with Gasteiger partial charge in [0.05, 0.1) is 23.6 Å². The smallest absolute Gasteiger partial charge is 0.257 e. The molecule has 0 unspecified atom stereocenters. The molecule has 2 fully saturated rings. The van der Waals surface area contributed by atoms with Crippen LogP contribution >= 0.6 is 0 Å². The van der Waals surface area contributed by atoms with E-state index in [0.29, 0.717) is 12.0 Å². The van der Waals surface area contributed by atoms with Crippen molar-refractivity contribution in [3.8, 4) is 0 Å². The van der Waals surface area contributed by atoms with Crippen molar-refractivity contribution >= 4 is 5.91 Å². The lowest BCUT2D eigenvalue weighted by atomic mass is 10.1. The van der Waals surface area contributed by atoms with Crippen molar-refractivity contribution < 1.29 is 9.53 Å². The van der Waals surface area contributed by atoms with Crippen molar-refractivity contribution in [3.63, 3.8) is 0 Å². The highest BCUT2D eigenvalue weighted by molar-refractivity contribution is 5.95. The molecule has 24 heavy (non-hydrogen) atoms. The number of hydrogen-bond donors (Lipinski definition) is 0. The molecule has 1 aromatic rings. The van der Waals surface area contributed by atoms with Crippen molar-refractivity contribution in [3.05, 3.63) is 17.5 Å². The Kier molecular flexibility index (Phi) is 5.59. The van der Waals surface area contributed by atoms with Gasteiger partial charge in [0.25, 0.3) is 5.91 Å². The van der Waals surface area contributed by atoms with E-state index in [1.165, 1.54) is 18.5 Å². The molecular weight excluding hydrogens is 302 g/mol. The number of rotatable bonds is 7. The average molecular weight is 333 g/mol. The van der Waals surface area contributed by atoms with Crippen LogP contribution in [-0.4, -0.2) is 46.4 Å². The summed E-state index contributed by atoms with van der Waals surface area (Å²) in [5.74, 6) is 0.675. The highest BCUT2D eigenvalue weighted by Gasteiger charge is 2.35. The average Bonchev–Trinajstić information content (AvgIpc) is 3.37. The van der Waals surface area contributed by atoms with Crippen molar-refractivity contribution in [1.82, 2.24) is 14.7 Å². The van der Waals surface area contributed by atoms with Crippen LogP contribution in [0.4, 0.5) is 0 Å². The summed E-state index contributed by atoms with van der Waals surface area (Å²) in [6, 6.07) is 0.351. The van der Waals surface area contributed by atoms with Crippen LogP contribution < -0.4 is 0 Å². The standard InChI is InChI=1S/C19H31N3O2/c1-4-11-24-16-7-6-10-21(13-16)19(23)17-12-20-22(14(3)5-2)18(17)15-8-9-15/h12,14-16H,4-11,13H2,1-3H3/t14-,16-/m0/s1. The summed E-state index contributed by atoms with van der Waals surface area (Å²) in [6.07, 6.45) is 8.51. The predicted molar refractivity (Wildman–Crippen MR) is 94.4 cm³/mol. The second-order valence-corrected chi connectivity index (χ2v) is 7.31. The molecule has 2 aliphatic rings. The normalized spacial score (nSPS) is 22.6. The maximum atomic E-state index is 13.1. The second kappa shape index (κ2) is 7.68. The molecule has 1 amide bonds. The zero-order valence-corrected chi connectivity index (χ0v) is 15.3. The van der Waals surface area contributed by atoms with Crippen LogP contribution in [0.1, 0.15) is 87.3 Å². The fraction of sp³-hybridized carbons (Fsp3) is 0.789. The molecule has 0 aromatic carbocycles.